The van der Waals surface area contributed by atoms with Crippen LogP contribution in [0.1, 0.15) is 31.1 Å². The molecule has 1 aromatic rings. The van der Waals surface area contributed by atoms with E-state index >= 15 is 0 Å². The predicted molar refractivity (Wildman–Crippen MR) is 68.5 cm³/mol. The lowest BCUT2D eigenvalue weighted by Gasteiger charge is -2.26. The molecule has 2 unspecified atom stereocenters. The monoisotopic (exact) mass is 241 g/mol. The van der Waals surface area contributed by atoms with Crippen LogP contribution in [-0.4, -0.2) is 11.7 Å². The third-order valence-electron chi connectivity index (χ3n) is 3.09. The van der Waals surface area contributed by atoms with E-state index in [2.05, 4.69) is 13.8 Å². The van der Waals surface area contributed by atoms with E-state index < -0.39 is 6.10 Å². The Kier molecular flexibility index (Phi) is 4.78. The summed E-state index contributed by atoms with van der Waals surface area (Å²) in [5.74, 6) is 0.413. The molecule has 3 heteroatoms. The molecule has 1 rings (SSSR count). The lowest BCUT2D eigenvalue weighted by atomic mass is 9.85. The summed E-state index contributed by atoms with van der Waals surface area (Å²) in [7, 11) is 0. The van der Waals surface area contributed by atoms with Crippen molar-refractivity contribution in [2.45, 2.75) is 26.9 Å². The van der Waals surface area contributed by atoms with Crippen LogP contribution < -0.4 is 5.73 Å². The van der Waals surface area contributed by atoms with Crippen LogP contribution in [0.4, 0.5) is 0 Å². The minimum absolute atomic E-state index is 0.0668. The molecule has 0 fully saturated rings. The van der Waals surface area contributed by atoms with E-state index in [4.69, 9.17) is 17.3 Å². The Morgan fingerprint density at radius 3 is 2.50 bits per heavy atom. The minimum atomic E-state index is -0.538. The molecule has 0 bridgehead atoms. The molecule has 1 aromatic carbocycles. The zero-order chi connectivity index (χ0) is 12.3. The van der Waals surface area contributed by atoms with E-state index in [0.29, 0.717) is 17.5 Å². The van der Waals surface area contributed by atoms with Crippen LogP contribution in [0, 0.1) is 18.8 Å². The van der Waals surface area contributed by atoms with Gasteiger partial charge in [0.05, 0.1) is 6.10 Å². The van der Waals surface area contributed by atoms with Gasteiger partial charge in [-0.25, -0.2) is 0 Å². The fraction of sp³-hybridized carbons (Fsp3) is 0.538. The first-order chi connectivity index (χ1) is 7.47. The Hall–Kier alpha value is -0.570. The number of nitrogens with two attached hydrogens (primary N) is 1. The average Bonchev–Trinajstić information content (AvgIpc) is 2.22. The standard InChI is InChI=1S/C13H20ClNO/c1-8(2)12(7-15)13(16)11-6-10(14)5-4-9(11)3/h4-6,8,12-13,16H,7,15H2,1-3H3. The molecule has 0 heterocycles. The van der Waals surface area contributed by atoms with Gasteiger partial charge in [0.25, 0.3) is 0 Å². The second kappa shape index (κ2) is 5.67. The lowest BCUT2D eigenvalue weighted by molar-refractivity contribution is 0.0856. The van der Waals surface area contributed by atoms with Gasteiger partial charge in [-0.05, 0) is 42.6 Å². The molecule has 0 saturated carbocycles. The van der Waals surface area contributed by atoms with Gasteiger partial charge in [-0.1, -0.05) is 31.5 Å². The Labute approximate surface area is 102 Å². The van der Waals surface area contributed by atoms with Crippen LogP contribution in [0.25, 0.3) is 0 Å². The van der Waals surface area contributed by atoms with Crippen molar-refractivity contribution in [3.05, 3.63) is 34.3 Å². The second-order valence-corrected chi connectivity index (χ2v) is 5.03. The summed E-state index contributed by atoms with van der Waals surface area (Å²) in [5.41, 5.74) is 7.64. The molecular weight excluding hydrogens is 222 g/mol. The van der Waals surface area contributed by atoms with Crippen LogP contribution in [0.3, 0.4) is 0 Å². The Morgan fingerprint density at radius 2 is 2.00 bits per heavy atom. The molecule has 90 valence electrons. The summed E-state index contributed by atoms with van der Waals surface area (Å²) in [4.78, 5) is 0. The summed E-state index contributed by atoms with van der Waals surface area (Å²) in [6, 6.07) is 5.58. The van der Waals surface area contributed by atoms with Crippen LogP contribution in [-0.2, 0) is 0 Å². The molecule has 0 spiro atoms. The van der Waals surface area contributed by atoms with Crippen molar-refractivity contribution in [2.75, 3.05) is 6.54 Å². The number of aliphatic hydroxyl groups excluding tert-OH is 1. The first-order valence-corrected chi connectivity index (χ1v) is 5.99. The highest BCUT2D eigenvalue weighted by molar-refractivity contribution is 6.30. The van der Waals surface area contributed by atoms with Crippen molar-refractivity contribution in [1.29, 1.82) is 0 Å². The van der Waals surface area contributed by atoms with Gasteiger partial charge in [0.1, 0.15) is 0 Å². The number of halogens is 1. The quantitative estimate of drug-likeness (QED) is 0.852. The van der Waals surface area contributed by atoms with Crippen LogP contribution in [0.15, 0.2) is 18.2 Å². The Bertz CT molecular complexity index is 352. The van der Waals surface area contributed by atoms with E-state index in [1.165, 1.54) is 0 Å². The summed E-state index contributed by atoms with van der Waals surface area (Å²) < 4.78 is 0. The molecule has 0 aromatic heterocycles. The smallest absolute Gasteiger partial charge is 0.0835 e. The normalized spacial score (nSPS) is 15.2. The maximum absolute atomic E-state index is 10.3. The first kappa shape index (κ1) is 13.5. The third kappa shape index (κ3) is 2.97. The van der Waals surface area contributed by atoms with Crippen LogP contribution in [0.5, 0.6) is 0 Å². The van der Waals surface area contributed by atoms with E-state index in [1.807, 2.05) is 25.1 Å². The highest BCUT2D eigenvalue weighted by atomic mass is 35.5. The molecule has 16 heavy (non-hydrogen) atoms. The first-order valence-electron chi connectivity index (χ1n) is 5.61. The van der Waals surface area contributed by atoms with Gasteiger partial charge in [-0.3, -0.25) is 0 Å². The predicted octanol–water partition coefficient (Wildman–Crippen LogP) is 2.91. The molecule has 0 amide bonds. The van der Waals surface area contributed by atoms with Gasteiger partial charge in [0.15, 0.2) is 0 Å². The summed E-state index contributed by atoms with van der Waals surface area (Å²) >= 11 is 5.95. The molecule has 2 atom stereocenters. The largest absolute Gasteiger partial charge is 0.388 e. The van der Waals surface area contributed by atoms with Crippen molar-refractivity contribution >= 4 is 11.6 Å². The molecular formula is C13H20ClNO. The van der Waals surface area contributed by atoms with Gasteiger partial charge >= 0.3 is 0 Å². The number of aliphatic hydroxyl groups is 1. The molecule has 0 aliphatic rings. The fourth-order valence-electron chi connectivity index (χ4n) is 1.93. The number of aryl methyl sites for hydroxylation is 1. The van der Waals surface area contributed by atoms with E-state index in [0.717, 1.165) is 11.1 Å². The van der Waals surface area contributed by atoms with Crippen LogP contribution >= 0.6 is 11.6 Å². The number of hydrogen-bond acceptors (Lipinski definition) is 2. The van der Waals surface area contributed by atoms with Crippen molar-refractivity contribution in [3.63, 3.8) is 0 Å². The summed E-state index contributed by atoms with van der Waals surface area (Å²) in [6.07, 6.45) is -0.538. The van der Waals surface area contributed by atoms with Gasteiger partial charge in [-0.2, -0.15) is 0 Å². The van der Waals surface area contributed by atoms with E-state index in [1.54, 1.807) is 0 Å². The Morgan fingerprint density at radius 1 is 1.38 bits per heavy atom. The summed E-state index contributed by atoms with van der Waals surface area (Å²) in [6.45, 7) is 6.59. The van der Waals surface area contributed by atoms with E-state index in [9.17, 15) is 5.11 Å². The van der Waals surface area contributed by atoms with Crippen molar-refractivity contribution in [2.24, 2.45) is 17.6 Å². The molecule has 3 N–H and O–H groups in total. The molecule has 0 aliphatic carbocycles. The number of rotatable bonds is 4. The third-order valence-corrected chi connectivity index (χ3v) is 3.33. The van der Waals surface area contributed by atoms with Gasteiger partial charge in [0, 0.05) is 10.9 Å². The molecule has 2 nitrogen and oxygen atoms in total. The van der Waals surface area contributed by atoms with Gasteiger partial charge in [-0.15, -0.1) is 0 Å². The highest BCUT2D eigenvalue weighted by Gasteiger charge is 2.24. The van der Waals surface area contributed by atoms with Gasteiger partial charge < -0.3 is 10.8 Å². The zero-order valence-electron chi connectivity index (χ0n) is 10.1. The minimum Gasteiger partial charge on any atom is -0.388 e. The second-order valence-electron chi connectivity index (χ2n) is 4.59. The summed E-state index contributed by atoms with van der Waals surface area (Å²) in [5, 5.41) is 11.0. The van der Waals surface area contributed by atoms with Gasteiger partial charge in [0.2, 0.25) is 0 Å². The van der Waals surface area contributed by atoms with Crippen LogP contribution in [0.2, 0.25) is 5.02 Å². The topological polar surface area (TPSA) is 46.2 Å². The lowest BCUT2D eigenvalue weighted by Crippen LogP contribution is -2.27. The maximum atomic E-state index is 10.3. The van der Waals surface area contributed by atoms with Crippen molar-refractivity contribution in [3.8, 4) is 0 Å². The molecule has 0 radical (unpaired) electrons. The number of hydrogen-bond donors (Lipinski definition) is 2. The molecule has 0 saturated heterocycles. The number of benzene rings is 1. The average molecular weight is 242 g/mol. The highest BCUT2D eigenvalue weighted by Crippen LogP contribution is 2.30. The maximum Gasteiger partial charge on any atom is 0.0835 e. The van der Waals surface area contributed by atoms with Crippen molar-refractivity contribution < 1.29 is 5.11 Å². The SMILES string of the molecule is Cc1ccc(Cl)cc1C(O)C(CN)C(C)C. The van der Waals surface area contributed by atoms with E-state index in [-0.39, 0.29) is 5.92 Å². The zero-order valence-corrected chi connectivity index (χ0v) is 10.8. The van der Waals surface area contributed by atoms with Crippen molar-refractivity contribution in [1.82, 2.24) is 0 Å². The Balaban J connectivity index is 3.02. The fourth-order valence-corrected chi connectivity index (χ4v) is 2.11. The molecule has 0 aliphatic heterocycles.